The summed E-state index contributed by atoms with van der Waals surface area (Å²) >= 11 is 0. The van der Waals surface area contributed by atoms with Crippen molar-refractivity contribution in [1.29, 1.82) is 0 Å². The standard InChI is InChI=1S/C20H18N2O6S/c1-12(19(24)22-14-7-9-15(10-8-14)29(21,26)27)28-20(25)17-11-6-13-4-2-3-5-16(13)18(17)23/h2-12,23H,1H3,(H,22,24)(H2,21,26,27)/t12-/m0/s1. The van der Waals surface area contributed by atoms with E-state index in [2.05, 4.69) is 5.32 Å². The first-order valence-electron chi connectivity index (χ1n) is 8.52. The van der Waals surface area contributed by atoms with Crippen LogP contribution in [-0.4, -0.2) is 31.5 Å². The van der Waals surface area contributed by atoms with E-state index >= 15 is 0 Å². The lowest BCUT2D eigenvalue weighted by molar-refractivity contribution is -0.123. The van der Waals surface area contributed by atoms with Crippen molar-refractivity contribution in [1.82, 2.24) is 0 Å². The van der Waals surface area contributed by atoms with Crippen molar-refractivity contribution in [3.8, 4) is 5.75 Å². The lowest BCUT2D eigenvalue weighted by atomic mass is 10.1. The number of rotatable bonds is 5. The van der Waals surface area contributed by atoms with Gasteiger partial charge >= 0.3 is 5.97 Å². The molecule has 0 heterocycles. The van der Waals surface area contributed by atoms with Crippen molar-refractivity contribution in [2.75, 3.05) is 5.32 Å². The number of carbonyl (C=O) groups excluding carboxylic acids is 2. The lowest BCUT2D eigenvalue weighted by Crippen LogP contribution is -2.30. The van der Waals surface area contributed by atoms with Crippen LogP contribution >= 0.6 is 0 Å². The molecule has 0 aromatic heterocycles. The van der Waals surface area contributed by atoms with Gasteiger partial charge in [0.25, 0.3) is 5.91 Å². The van der Waals surface area contributed by atoms with Crippen LogP contribution in [0.4, 0.5) is 5.69 Å². The fraction of sp³-hybridized carbons (Fsp3) is 0.100. The SMILES string of the molecule is C[C@H](OC(=O)c1ccc2ccccc2c1O)C(=O)Nc1ccc(S(N)(=O)=O)cc1. The lowest BCUT2D eigenvalue weighted by Gasteiger charge is -2.15. The second-order valence-corrected chi connectivity index (χ2v) is 7.85. The van der Waals surface area contributed by atoms with Crippen LogP contribution in [0.15, 0.2) is 65.6 Å². The van der Waals surface area contributed by atoms with Gasteiger partial charge in [0.2, 0.25) is 10.0 Å². The van der Waals surface area contributed by atoms with Gasteiger partial charge in [0.05, 0.1) is 4.90 Å². The fourth-order valence-corrected chi connectivity index (χ4v) is 3.18. The van der Waals surface area contributed by atoms with Gasteiger partial charge in [-0.25, -0.2) is 18.4 Å². The number of nitrogens with two attached hydrogens (primary N) is 1. The highest BCUT2D eigenvalue weighted by molar-refractivity contribution is 7.89. The molecular formula is C20H18N2O6S. The Morgan fingerprint density at radius 2 is 1.69 bits per heavy atom. The fourth-order valence-electron chi connectivity index (χ4n) is 2.67. The number of nitrogens with one attached hydrogen (secondary N) is 1. The number of amides is 1. The van der Waals surface area contributed by atoms with Gasteiger partial charge in [0, 0.05) is 11.1 Å². The third kappa shape index (κ3) is 4.53. The highest BCUT2D eigenvalue weighted by Gasteiger charge is 2.22. The zero-order valence-corrected chi connectivity index (χ0v) is 16.1. The number of phenols is 1. The predicted molar refractivity (Wildman–Crippen MR) is 107 cm³/mol. The van der Waals surface area contributed by atoms with Crippen LogP contribution in [0, 0.1) is 0 Å². The number of benzene rings is 3. The van der Waals surface area contributed by atoms with Gasteiger partial charge in [-0.3, -0.25) is 4.79 Å². The van der Waals surface area contributed by atoms with E-state index in [9.17, 15) is 23.1 Å². The van der Waals surface area contributed by atoms with E-state index in [0.29, 0.717) is 11.1 Å². The minimum atomic E-state index is -3.84. The number of fused-ring (bicyclic) bond motifs is 1. The van der Waals surface area contributed by atoms with E-state index in [4.69, 9.17) is 9.88 Å². The average Bonchev–Trinajstić information content (AvgIpc) is 2.68. The topological polar surface area (TPSA) is 136 Å². The molecule has 1 atom stereocenters. The second-order valence-electron chi connectivity index (χ2n) is 6.29. The van der Waals surface area contributed by atoms with Gasteiger partial charge in [-0.05, 0) is 42.6 Å². The van der Waals surface area contributed by atoms with E-state index in [-0.39, 0.29) is 16.2 Å². The Bertz CT molecular complexity index is 1190. The third-order valence-electron chi connectivity index (χ3n) is 4.22. The average molecular weight is 414 g/mol. The van der Waals surface area contributed by atoms with Crippen LogP contribution in [0.5, 0.6) is 5.75 Å². The number of primary sulfonamides is 1. The first-order valence-corrected chi connectivity index (χ1v) is 10.1. The van der Waals surface area contributed by atoms with Gasteiger partial charge in [0.1, 0.15) is 11.3 Å². The van der Waals surface area contributed by atoms with Crippen LogP contribution in [0.3, 0.4) is 0 Å². The summed E-state index contributed by atoms with van der Waals surface area (Å²) in [4.78, 5) is 24.6. The number of carbonyl (C=O) groups is 2. The van der Waals surface area contributed by atoms with E-state index in [1.165, 1.54) is 37.3 Å². The van der Waals surface area contributed by atoms with Crippen molar-refractivity contribution in [2.45, 2.75) is 17.9 Å². The van der Waals surface area contributed by atoms with Crippen molar-refractivity contribution in [2.24, 2.45) is 5.14 Å². The summed E-state index contributed by atoms with van der Waals surface area (Å²) in [5, 5.41) is 19.1. The number of ether oxygens (including phenoxy) is 1. The molecule has 0 radical (unpaired) electrons. The summed E-state index contributed by atoms with van der Waals surface area (Å²) in [6.07, 6.45) is -1.16. The number of hydrogen-bond acceptors (Lipinski definition) is 6. The molecule has 3 aromatic carbocycles. The van der Waals surface area contributed by atoms with Crippen molar-refractivity contribution >= 4 is 38.4 Å². The Kier molecular flexibility index (Phi) is 5.53. The van der Waals surface area contributed by atoms with Crippen molar-refractivity contribution in [3.05, 3.63) is 66.2 Å². The quantitative estimate of drug-likeness (QED) is 0.549. The van der Waals surface area contributed by atoms with Crippen LogP contribution in [0.1, 0.15) is 17.3 Å². The molecular weight excluding hydrogens is 396 g/mol. The largest absolute Gasteiger partial charge is 0.506 e. The molecule has 3 rings (SSSR count). The molecule has 8 nitrogen and oxygen atoms in total. The maximum absolute atomic E-state index is 12.4. The van der Waals surface area contributed by atoms with Crippen LogP contribution < -0.4 is 10.5 Å². The third-order valence-corrected chi connectivity index (χ3v) is 5.15. The summed E-state index contributed by atoms with van der Waals surface area (Å²) in [5.41, 5.74) is 0.250. The van der Waals surface area contributed by atoms with Crippen LogP contribution in [-0.2, 0) is 19.6 Å². The molecule has 0 fully saturated rings. The number of hydrogen-bond donors (Lipinski definition) is 3. The smallest absolute Gasteiger partial charge is 0.342 e. The Labute approximate surface area is 167 Å². The molecule has 0 saturated carbocycles. The molecule has 1 amide bonds. The molecule has 0 aliphatic rings. The van der Waals surface area contributed by atoms with E-state index in [1.807, 2.05) is 6.07 Å². The Balaban J connectivity index is 1.69. The monoisotopic (exact) mass is 414 g/mol. The number of phenolic OH excluding ortho intramolecular Hbond substituents is 1. The summed E-state index contributed by atoms with van der Waals surface area (Å²) < 4.78 is 27.7. The maximum atomic E-state index is 12.4. The molecule has 9 heteroatoms. The zero-order chi connectivity index (χ0) is 21.2. The number of esters is 1. The maximum Gasteiger partial charge on any atom is 0.342 e. The van der Waals surface area contributed by atoms with Gasteiger partial charge in [-0.1, -0.05) is 30.3 Å². The van der Waals surface area contributed by atoms with Crippen LogP contribution in [0.25, 0.3) is 10.8 Å². The van der Waals surface area contributed by atoms with E-state index in [0.717, 1.165) is 5.39 Å². The van der Waals surface area contributed by atoms with E-state index < -0.39 is 28.0 Å². The molecule has 0 aliphatic heterocycles. The van der Waals surface area contributed by atoms with Gasteiger partial charge in [0.15, 0.2) is 6.10 Å². The summed E-state index contributed by atoms with van der Waals surface area (Å²) in [6, 6.07) is 15.3. The number of aromatic hydroxyl groups is 1. The van der Waals surface area contributed by atoms with E-state index in [1.54, 1.807) is 24.3 Å². The highest BCUT2D eigenvalue weighted by atomic mass is 32.2. The van der Waals surface area contributed by atoms with Crippen LogP contribution in [0.2, 0.25) is 0 Å². The van der Waals surface area contributed by atoms with Gasteiger partial charge in [-0.15, -0.1) is 0 Å². The molecule has 0 unspecified atom stereocenters. The highest BCUT2D eigenvalue weighted by Crippen LogP contribution is 2.29. The van der Waals surface area contributed by atoms with Crippen molar-refractivity contribution < 1.29 is 27.9 Å². The van der Waals surface area contributed by atoms with Gasteiger partial charge < -0.3 is 15.2 Å². The predicted octanol–water partition coefficient (Wildman–Crippen LogP) is 2.38. The first kappa shape index (κ1) is 20.3. The molecule has 0 spiro atoms. The second kappa shape index (κ2) is 7.90. The zero-order valence-electron chi connectivity index (χ0n) is 15.3. The minimum Gasteiger partial charge on any atom is -0.506 e. The summed E-state index contributed by atoms with van der Waals surface area (Å²) in [6.45, 7) is 1.38. The number of anilines is 1. The Morgan fingerprint density at radius 1 is 1.03 bits per heavy atom. The molecule has 0 bridgehead atoms. The summed E-state index contributed by atoms with van der Waals surface area (Å²) in [7, 11) is -3.84. The van der Waals surface area contributed by atoms with Gasteiger partial charge in [-0.2, -0.15) is 0 Å². The molecule has 4 N–H and O–H groups in total. The Hall–Kier alpha value is -3.43. The number of sulfonamides is 1. The van der Waals surface area contributed by atoms with Crippen molar-refractivity contribution in [3.63, 3.8) is 0 Å². The summed E-state index contributed by atoms with van der Waals surface area (Å²) in [5.74, 6) is -1.69. The molecule has 0 aliphatic carbocycles. The first-order chi connectivity index (χ1) is 13.7. The molecule has 3 aromatic rings. The molecule has 29 heavy (non-hydrogen) atoms. The normalized spacial score (nSPS) is 12.3. The molecule has 150 valence electrons. The Morgan fingerprint density at radius 3 is 2.34 bits per heavy atom. The molecule has 0 saturated heterocycles. The minimum absolute atomic E-state index is 0.0548.